The number of rotatable bonds is 9. The van der Waals surface area contributed by atoms with Crippen LogP contribution in [0.2, 0.25) is 0 Å². The second-order valence-electron chi connectivity index (χ2n) is 7.97. The van der Waals surface area contributed by atoms with Gasteiger partial charge in [-0.25, -0.2) is 9.59 Å². The zero-order valence-electron chi connectivity index (χ0n) is 18.2. The Bertz CT molecular complexity index is 1190. The molecule has 2 aliphatic heterocycles. The lowest BCUT2D eigenvalue weighted by atomic mass is 10.1. The van der Waals surface area contributed by atoms with Crippen LogP contribution >= 0.6 is 0 Å². The maximum Gasteiger partial charge on any atom is 0.345 e. The minimum absolute atomic E-state index is 0.199. The van der Waals surface area contributed by atoms with Gasteiger partial charge in [0.1, 0.15) is 0 Å². The molecule has 2 N–H and O–H groups in total. The fourth-order valence-electron chi connectivity index (χ4n) is 3.95. The molecular weight excluding hydrogens is 460 g/mol. The summed E-state index contributed by atoms with van der Waals surface area (Å²) in [5.74, 6) is -5.07. The number of carbonyl (C=O) groups is 6. The van der Waals surface area contributed by atoms with Crippen LogP contribution in [0, 0.1) is 0 Å². The van der Waals surface area contributed by atoms with Crippen molar-refractivity contribution in [3.8, 4) is 0 Å². The Balaban J connectivity index is 1.32. The van der Waals surface area contributed by atoms with Crippen LogP contribution in [0.15, 0.2) is 48.5 Å². The van der Waals surface area contributed by atoms with Crippen molar-refractivity contribution in [2.45, 2.75) is 25.0 Å². The first-order valence-corrected chi connectivity index (χ1v) is 10.7. The Kier molecular flexibility index (Phi) is 6.43. The van der Waals surface area contributed by atoms with E-state index in [2.05, 4.69) is 0 Å². The minimum atomic E-state index is -1.81. The largest absolute Gasteiger partial charge is 0.479 e. The van der Waals surface area contributed by atoms with E-state index in [0.29, 0.717) is 0 Å². The molecule has 0 spiro atoms. The second-order valence-corrected chi connectivity index (χ2v) is 7.97. The standard InChI is InChI=1S/C24H20N2O9/c27-17(9-11-25-19(28)13-5-1-2-6-14(13)20(25)29)24(34)35-18(23(32)33)10-12-26-21(30)15-7-3-4-8-16(15)22(26)31/h1-8,17-18,27H,9-12H2,(H,32,33)/t17-,18-/m0/s1. The van der Waals surface area contributed by atoms with E-state index in [9.17, 15) is 39.0 Å². The number of hydrogen-bond acceptors (Lipinski definition) is 8. The van der Waals surface area contributed by atoms with Crippen LogP contribution in [0.1, 0.15) is 54.3 Å². The van der Waals surface area contributed by atoms with Gasteiger partial charge in [-0.2, -0.15) is 0 Å². The molecule has 0 bridgehead atoms. The van der Waals surface area contributed by atoms with Crippen LogP contribution in [0.3, 0.4) is 0 Å². The molecule has 0 aliphatic carbocycles. The first-order chi connectivity index (χ1) is 16.7. The van der Waals surface area contributed by atoms with Gasteiger partial charge in [0.05, 0.1) is 22.3 Å². The quantitative estimate of drug-likeness (QED) is 0.389. The van der Waals surface area contributed by atoms with Crippen LogP contribution in [0.4, 0.5) is 0 Å². The second kappa shape index (κ2) is 9.47. The third-order valence-electron chi connectivity index (χ3n) is 5.80. The van der Waals surface area contributed by atoms with Gasteiger partial charge >= 0.3 is 11.9 Å². The molecule has 2 atom stereocenters. The van der Waals surface area contributed by atoms with Gasteiger partial charge in [-0.15, -0.1) is 0 Å². The van der Waals surface area contributed by atoms with Crippen LogP contribution in [-0.4, -0.2) is 80.9 Å². The van der Waals surface area contributed by atoms with Crippen molar-refractivity contribution in [3.05, 3.63) is 70.8 Å². The van der Waals surface area contributed by atoms with Crippen molar-refractivity contribution in [2.24, 2.45) is 0 Å². The average molecular weight is 480 g/mol. The lowest BCUT2D eigenvalue weighted by molar-refractivity contribution is -0.170. The summed E-state index contributed by atoms with van der Waals surface area (Å²) in [5.41, 5.74) is 0.831. The zero-order chi connectivity index (χ0) is 25.3. The maximum atomic E-state index is 12.4. The van der Waals surface area contributed by atoms with E-state index < -0.39 is 54.2 Å². The topological polar surface area (TPSA) is 159 Å². The summed E-state index contributed by atoms with van der Waals surface area (Å²) in [5, 5.41) is 19.6. The summed E-state index contributed by atoms with van der Waals surface area (Å²) in [7, 11) is 0. The highest BCUT2D eigenvalue weighted by Gasteiger charge is 2.38. The molecule has 0 radical (unpaired) electrons. The van der Waals surface area contributed by atoms with Gasteiger partial charge in [0, 0.05) is 25.9 Å². The van der Waals surface area contributed by atoms with Gasteiger partial charge in [0.2, 0.25) is 6.10 Å². The number of fused-ring (bicyclic) bond motifs is 2. The SMILES string of the molecule is O=C(O)[C@H](CCN1C(=O)c2ccccc2C1=O)OC(=O)[C@@H](O)CCN1C(=O)c2ccccc2C1=O. The summed E-state index contributed by atoms with van der Waals surface area (Å²) in [6.07, 6.45) is -4.30. The van der Waals surface area contributed by atoms with E-state index in [1.807, 2.05) is 0 Å². The summed E-state index contributed by atoms with van der Waals surface area (Å²) >= 11 is 0. The third kappa shape index (κ3) is 4.41. The average Bonchev–Trinajstić information content (AvgIpc) is 3.24. The smallest absolute Gasteiger partial charge is 0.345 e. The molecule has 0 saturated heterocycles. The van der Waals surface area contributed by atoms with Crippen molar-refractivity contribution in [1.82, 2.24) is 9.80 Å². The van der Waals surface area contributed by atoms with Gasteiger partial charge in [-0.05, 0) is 24.3 Å². The molecule has 35 heavy (non-hydrogen) atoms. The summed E-state index contributed by atoms with van der Waals surface area (Å²) in [4.78, 5) is 75.2. The maximum absolute atomic E-state index is 12.4. The number of amides is 4. The number of benzene rings is 2. The van der Waals surface area contributed by atoms with Crippen molar-refractivity contribution in [2.75, 3.05) is 13.1 Å². The van der Waals surface area contributed by atoms with Crippen molar-refractivity contribution < 1.29 is 43.7 Å². The molecule has 4 amide bonds. The Hall–Kier alpha value is -4.38. The molecular formula is C24H20N2O9. The number of carbonyl (C=O) groups excluding carboxylic acids is 5. The van der Waals surface area contributed by atoms with Gasteiger partial charge in [0.15, 0.2) is 6.10 Å². The number of esters is 1. The molecule has 0 aromatic heterocycles. The van der Waals surface area contributed by atoms with Crippen LogP contribution in [0.5, 0.6) is 0 Å². The Morgan fingerprint density at radius 3 is 1.46 bits per heavy atom. The first kappa shape index (κ1) is 23.8. The predicted molar refractivity (Wildman–Crippen MR) is 116 cm³/mol. The molecule has 2 heterocycles. The molecule has 2 aromatic rings. The van der Waals surface area contributed by atoms with E-state index in [4.69, 9.17) is 4.74 Å². The van der Waals surface area contributed by atoms with Gasteiger partial charge < -0.3 is 14.9 Å². The van der Waals surface area contributed by atoms with Crippen LogP contribution < -0.4 is 0 Å². The Morgan fingerprint density at radius 2 is 1.09 bits per heavy atom. The molecule has 11 nitrogen and oxygen atoms in total. The van der Waals surface area contributed by atoms with Crippen molar-refractivity contribution >= 4 is 35.6 Å². The summed E-state index contributed by atoms with van der Waals surface area (Å²) in [6, 6.07) is 12.3. The van der Waals surface area contributed by atoms with E-state index in [1.165, 1.54) is 24.3 Å². The Morgan fingerprint density at radius 1 is 0.714 bits per heavy atom. The predicted octanol–water partition coefficient (Wildman–Crippen LogP) is 0.716. The van der Waals surface area contributed by atoms with E-state index >= 15 is 0 Å². The molecule has 0 saturated carbocycles. The van der Waals surface area contributed by atoms with Crippen LogP contribution in [0.25, 0.3) is 0 Å². The number of carboxylic acids is 1. The van der Waals surface area contributed by atoms with Gasteiger partial charge in [-0.1, -0.05) is 24.3 Å². The number of nitrogens with zero attached hydrogens (tertiary/aromatic N) is 2. The Labute approximate surface area is 198 Å². The number of aliphatic carboxylic acids is 1. The molecule has 2 aliphatic rings. The lowest BCUT2D eigenvalue weighted by Gasteiger charge is -2.20. The number of imide groups is 2. The van der Waals surface area contributed by atoms with Gasteiger partial charge in [-0.3, -0.25) is 29.0 Å². The number of hydrogen-bond donors (Lipinski definition) is 2. The highest BCUT2D eigenvalue weighted by Crippen LogP contribution is 2.24. The summed E-state index contributed by atoms with van der Waals surface area (Å²) in [6.45, 7) is -0.600. The van der Waals surface area contributed by atoms with Crippen molar-refractivity contribution in [3.63, 3.8) is 0 Å². The number of ether oxygens (including phenoxy) is 1. The summed E-state index contributed by atoms with van der Waals surface area (Å²) < 4.78 is 4.89. The molecule has 0 unspecified atom stereocenters. The highest BCUT2D eigenvalue weighted by atomic mass is 16.6. The fourth-order valence-corrected chi connectivity index (χ4v) is 3.95. The third-order valence-corrected chi connectivity index (χ3v) is 5.80. The normalized spacial score (nSPS) is 16.3. The van der Waals surface area contributed by atoms with E-state index in [0.717, 1.165) is 9.80 Å². The molecule has 4 rings (SSSR count). The van der Waals surface area contributed by atoms with Crippen LogP contribution in [-0.2, 0) is 14.3 Å². The van der Waals surface area contributed by atoms with E-state index in [-0.39, 0.29) is 41.8 Å². The molecule has 11 heteroatoms. The number of carboxylic acid groups (broad SMARTS) is 1. The molecule has 2 aromatic carbocycles. The van der Waals surface area contributed by atoms with E-state index in [1.54, 1.807) is 24.3 Å². The minimum Gasteiger partial charge on any atom is -0.479 e. The molecule has 180 valence electrons. The zero-order valence-corrected chi connectivity index (χ0v) is 18.2. The van der Waals surface area contributed by atoms with Crippen molar-refractivity contribution in [1.29, 1.82) is 0 Å². The first-order valence-electron chi connectivity index (χ1n) is 10.7. The highest BCUT2D eigenvalue weighted by molar-refractivity contribution is 6.22. The monoisotopic (exact) mass is 480 g/mol. The number of aliphatic hydroxyl groups is 1. The lowest BCUT2D eigenvalue weighted by Crippen LogP contribution is -2.39. The fraction of sp³-hybridized carbons (Fsp3) is 0.250. The number of aliphatic hydroxyl groups excluding tert-OH is 1. The molecule has 0 fully saturated rings. The van der Waals surface area contributed by atoms with Gasteiger partial charge in [0.25, 0.3) is 23.6 Å².